The van der Waals surface area contributed by atoms with Crippen molar-refractivity contribution in [2.75, 3.05) is 7.11 Å². The number of hydrogen-bond acceptors (Lipinski definition) is 3. The molecule has 25 heavy (non-hydrogen) atoms. The van der Waals surface area contributed by atoms with Gasteiger partial charge < -0.3 is 4.74 Å². The van der Waals surface area contributed by atoms with Crippen molar-refractivity contribution in [2.45, 2.75) is 20.0 Å². The molecule has 2 aromatic carbocycles. The van der Waals surface area contributed by atoms with Gasteiger partial charge in [-0.15, -0.1) is 5.10 Å². The number of halogens is 3. The summed E-state index contributed by atoms with van der Waals surface area (Å²) in [5, 5.41) is 7.56. The Hall–Kier alpha value is -2.83. The first-order valence-electron chi connectivity index (χ1n) is 7.56. The number of nitrogens with zero attached hydrogens (tertiary/aromatic N) is 3. The van der Waals surface area contributed by atoms with E-state index in [9.17, 15) is 13.2 Å². The minimum atomic E-state index is -4.61. The summed E-state index contributed by atoms with van der Waals surface area (Å²) in [6, 6.07) is 11.3. The summed E-state index contributed by atoms with van der Waals surface area (Å²) in [6.07, 6.45) is -4.61. The van der Waals surface area contributed by atoms with Gasteiger partial charge >= 0.3 is 6.18 Å². The van der Waals surface area contributed by atoms with Gasteiger partial charge in [0.15, 0.2) is 5.69 Å². The van der Waals surface area contributed by atoms with E-state index in [1.54, 1.807) is 36.4 Å². The van der Waals surface area contributed by atoms with Crippen molar-refractivity contribution in [2.24, 2.45) is 0 Å². The van der Waals surface area contributed by atoms with Crippen molar-refractivity contribution in [3.05, 3.63) is 59.3 Å². The molecule has 3 rings (SSSR count). The number of methoxy groups -OCH3 is 1. The van der Waals surface area contributed by atoms with Gasteiger partial charge in [0.05, 0.1) is 12.8 Å². The van der Waals surface area contributed by atoms with Crippen LogP contribution in [-0.4, -0.2) is 22.1 Å². The Balaban J connectivity index is 2.21. The molecule has 3 aromatic rings. The van der Waals surface area contributed by atoms with Crippen LogP contribution in [-0.2, 0) is 6.18 Å². The van der Waals surface area contributed by atoms with Crippen molar-refractivity contribution >= 4 is 0 Å². The molecule has 0 N–H and O–H groups in total. The molecule has 130 valence electrons. The average Bonchev–Trinajstić information content (AvgIpc) is 3.03. The molecule has 0 radical (unpaired) electrons. The van der Waals surface area contributed by atoms with Gasteiger partial charge in [-0.05, 0) is 49.2 Å². The van der Waals surface area contributed by atoms with Crippen LogP contribution in [0.4, 0.5) is 13.2 Å². The van der Waals surface area contributed by atoms with E-state index in [-0.39, 0.29) is 5.69 Å². The molecule has 0 unspecified atom stereocenters. The summed E-state index contributed by atoms with van der Waals surface area (Å²) in [4.78, 5) is 0. The molecular weight excluding hydrogens is 331 g/mol. The van der Waals surface area contributed by atoms with Gasteiger partial charge in [0.2, 0.25) is 0 Å². The normalized spacial score (nSPS) is 11.6. The molecule has 0 atom stereocenters. The van der Waals surface area contributed by atoms with Crippen LogP contribution in [0.2, 0.25) is 0 Å². The molecule has 4 nitrogen and oxygen atoms in total. The molecule has 0 amide bonds. The maximum Gasteiger partial charge on any atom is 0.435 e. The zero-order valence-electron chi connectivity index (χ0n) is 13.9. The summed E-state index contributed by atoms with van der Waals surface area (Å²) < 4.78 is 47.2. The molecule has 0 bridgehead atoms. The molecular formula is C18H16F3N3O. The lowest BCUT2D eigenvalue weighted by Crippen LogP contribution is -2.14. The van der Waals surface area contributed by atoms with E-state index >= 15 is 0 Å². The maximum absolute atomic E-state index is 13.7. The maximum atomic E-state index is 13.7. The Kier molecular flexibility index (Phi) is 4.24. The van der Waals surface area contributed by atoms with Crippen molar-refractivity contribution in [1.82, 2.24) is 15.0 Å². The largest absolute Gasteiger partial charge is 0.497 e. The van der Waals surface area contributed by atoms with E-state index in [0.29, 0.717) is 17.0 Å². The van der Waals surface area contributed by atoms with E-state index in [4.69, 9.17) is 4.74 Å². The van der Waals surface area contributed by atoms with Crippen molar-refractivity contribution in [3.63, 3.8) is 0 Å². The van der Waals surface area contributed by atoms with Crippen LogP contribution in [0.15, 0.2) is 42.5 Å². The van der Waals surface area contributed by atoms with Gasteiger partial charge in [-0.1, -0.05) is 23.4 Å². The molecule has 0 saturated carbocycles. The molecule has 1 aromatic heterocycles. The van der Waals surface area contributed by atoms with Crippen LogP contribution in [0.5, 0.6) is 5.75 Å². The summed E-state index contributed by atoms with van der Waals surface area (Å²) in [6.45, 7) is 3.73. The number of benzene rings is 2. The fourth-order valence-electron chi connectivity index (χ4n) is 2.54. The Labute approximate surface area is 142 Å². The molecule has 7 heteroatoms. The van der Waals surface area contributed by atoms with E-state index in [1.807, 2.05) is 13.8 Å². The average molecular weight is 347 g/mol. The number of aromatic nitrogens is 3. The molecule has 1 heterocycles. The number of rotatable bonds is 3. The first-order chi connectivity index (χ1) is 11.8. The highest BCUT2D eigenvalue weighted by molar-refractivity contribution is 5.64. The number of aryl methyl sites for hydroxylation is 2. The number of hydrogen-bond donors (Lipinski definition) is 0. The highest BCUT2D eigenvalue weighted by Gasteiger charge is 2.40. The minimum Gasteiger partial charge on any atom is -0.497 e. The Morgan fingerprint density at radius 2 is 1.76 bits per heavy atom. The van der Waals surface area contributed by atoms with Crippen molar-refractivity contribution in [1.29, 1.82) is 0 Å². The van der Waals surface area contributed by atoms with E-state index in [1.165, 1.54) is 13.2 Å². The third-order valence-electron chi connectivity index (χ3n) is 4.02. The smallest absolute Gasteiger partial charge is 0.435 e. The lowest BCUT2D eigenvalue weighted by Gasteiger charge is -2.12. The summed E-state index contributed by atoms with van der Waals surface area (Å²) >= 11 is 0. The highest BCUT2D eigenvalue weighted by Crippen LogP contribution is 2.38. The van der Waals surface area contributed by atoms with E-state index < -0.39 is 11.9 Å². The fourth-order valence-corrected chi connectivity index (χ4v) is 2.54. The lowest BCUT2D eigenvalue weighted by molar-refractivity contribution is -0.142. The molecule has 0 aliphatic heterocycles. The molecule has 0 aliphatic carbocycles. The molecule has 0 saturated heterocycles. The predicted octanol–water partition coefficient (Wildman–Crippen LogP) is 4.58. The van der Waals surface area contributed by atoms with E-state index in [0.717, 1.165) is 15.8 Å². The van der Waals surface area contributed by atoms with Gasteiger partial charge in [0.1, 0.15) is 11.4 Å². The predicted molar refractivity (Wildman–Crippen MR) is 87.8 cm³/mol. The third-order valence-corrected chi connectivity index (χ3v) is 4.02. The number of alkyl halides is 3. The van der Waals surface area contributed by atoms with Crippen molar-refractivity contribution in [3.8, 4) is 22.7 Å². The SMILES string of the molecule is COc1cccc(-c2nnn(-c3ccc(C)c(C)c3)c2C(F)(F)F)c1. The summed E-state index contributed by atoms with van der Waals surface area (Å²) in [5.41, 5.74) is 1.34. The molecule has 0 fully saturated rings. The lowest BCUT2D eigenvalue weighted by atomic mass is 10.1. The highest BCUT2D eigenvalue weighted by atomic mass is 19.4. The minimum absolute atomic E-state index is 0.232. The van der Waals surface area contributed by atoms with Gasteiger partial charge in [0, 0.05) is 5.56 Å². The van der Waals surface area contributed by atoms with Gasteiger partial charge in [-0.2, -0.15) is 13.2 Å². The van der Waals surface area contributed by atoms with Gasteiger partial charge in [0.25, 0.3) is 0 Å². The number of ether oxygens (including phenoxy) is 1. The van der Waals surface area contributed by atoms with Crippen LogP contribution in [0.1, 0.15) is 16.8 Å². The summed E-state index contributed by atoms with van der Waals surface area (Å²) in [7, 11) is 1.45. The molecule has 0 spiro atoms. The van der Waals surface area contributed by atoms with E-state index in [2.05, 4.69) is 10.3 Å². The van der Waals surface area contributed by atoms with Crippen LogP contribution >= 0.6 is 0 Å². The van der Waals surface area contributed by atoms with Crippen LogP contribution in [0.25, 0.3) is 16.9 Å². The first-order valence-corrected chi connectivity index (χ1v) is 7.56. The quantitative estimate of drug-likeness (QED) is 0.696. The van der Waals surface area contributed by atoms with Crippen LogP contribution < -0.4 is 4.74 Å². The first kappa shape index (κ1) is 17.0. The second kappa shape index (κ2) is 6.23. The van der Waals surface area contributed by atoms with Crippen LogP contribution in [0.3, 0.4) is 0 Å². The van der Waals surface area contributed by atoms with Crippen molar-refractivity contribution < 1.29 is 17.9 Å². The Morgan fingerprint density at radius 3 is 2.40 bits per heavy atom. The fraction of sp³-hybridized carbons (Fsp3) is 0.222. The second-order valence-corrected chi connectivity index (χ2v) is 5.70. The monoisotopic (exact) mass is 347 g/mol. The Bertz CT molecular complexity index is 916. The second-order valence-electron chi connectivity index (χ2n) is 5.70. The topological polar surface area (TPSA) is 39.9 Å². The molecule has 0 aliphatic rings. The zero-order chi connectivity index (χ0) is 18.2. The standard InChI is InChI=1S/C18H16F3N3O/c1-11-7-8-14(9-12(11)2)24-17(18(19,20)21)16(22-23-24)13-5-4-6-15(10-13)25-3/h4-10H,1-3H3. The zero-order valence-corrected chi connectivity index (χ0v) is 13.9. The summed E-state index contributed by atoms with van der Waals surface area (Å²) in [5.74, 6) is 0.450. The van der Waals surface area contributed by atoms with Gasteiger partial charge in [-0.3, -0.25) is 0 Å². The third kappa shape index (κ3) is 3.22. The van der Waals surface area contributed by atoms with Gasteiger partial charge in [-0.25, -0.2) is 4.68 Å². The van der Waals surface area contributed by atoms with Crippen LogP contribution in [0, 0.1) is 13.8 Å². The Morgan fingerprint density at radius 1 is 1.00 bits per heavy atom.